The van der Waals surface area contributed by atoms with Crippen LogP contribution in [-0.4, -0.2) is 24.0 Å². The van der Waals surface area contributed by atoms with Crippen molar-refractivity contribution in [2.45, 2.75) is 19.3 Å². The van der Waals surface area contributed by atoms with Crippen molar-refractivity contribution in [2.75, 3.05) is 18.8 Å². The van der Waals surface area contributed by atoms with Crippen LogP contribution in [0.1, 0.15) is 29.6 Å². The Kier molecular flexibility index (Phi) is 3.76. The summed E-state index contributed by atoms with van der Waals surface area (Å²) in [7, 11) is 0. The summed E-state index contributed by atoms with van der Waals surface area (Å²) in [6.45, 7) is 1.52. The molecule has 1 aromatic rings. The molecule has 1 fully saturated rings. The number of halogens is 2. The smallest absolute Gasteiger partial charge is 0.267 e. The lowest BCUT2D eigenvalue weighted by Gasteiger charge is -2.27. The summed E-state index contributed by atoms with van der Waals surface area (Å²) < 4.78 is 26.0. The minimum atomic E-state index is -1.08. The normalized spacial score (nSPS) is 16.6. The predicted molar refractivity (Wildman–Crippen MR) is 63.7 cm³/mol. The van der Waals surface area contributed by atoms with E-state index < -0.39 is 17.5 Å². The van der Waals surface area contributed by atoms with Crippen molar-refractivity contribution in [1.29, 1.82) is 0 Å². The molecule has 1 saturated heterocycles. The van der Waals surface area contributed by atoms with Crippen LogP contribution in [0.25, 0.3) is 0 Å². The predicted octanol–water partition coefficient (Wildman–Crippen LogP) is 1.68. The second kappa shape index (κ2) is 5.30. The summed E-state index contributed by atoms with van der Waals surface area (Å²) in [5.74, 6) is -2.64. The van der Waals surface area contributed by atoms with E-state index in [1.165, 1.54) is 0 Å². The summed E-state index contributed by atoms with van der Waals surface area (Å²) in [6.07, 6.45) is 3.15. The standard InChI is InChI=1S/C12H15F2N3O/c13-9-6-8(11(15)7-10(9)14)12(18)16-17-4-2-1-3-5-17/h6-7H,1-5,15H2,(H,16,18). The zero-order valence-electron chi connectivity index (χ0n) is 9.88. The number of nitrogens with one attached hydrogen (secondary N) is 1. The van der Waals surface area contributed by atoms with E-state index in [1.54, 1.807) is 5.01 Å². The number of benzene rings is 1. The Hall–Kier alpha value is -1.69. The number of carbonyl (C=O) groups is 1. The molecule has 2 rings (SSSR count). The lowest BCUT2D eigenvalue weighted by atomic mass is 10.1. The van der Waals surface area contributed by atoms with Gasteiger partial charge in [0.05, 0.1) is 5.56 Å². The third-order valence-electron chi connectivity index (χ3n) is 2.95. The molecule has 6 heteroatoms. The van der Waals surface area contributed by atoms with Gasteiger partial charge in [-0.1, -0.05) is 6.42 Å². The maximum Gasteiger partial charge on any atom is 0.267 e. The second-order valence-electron chi connectivity index (χ2n) is 4.34. The van der Waals surface area contributed by atoms with Gasteiger partial charge in [0.15, 0.2) is 11.6 Å². The number of amides is 1. The monoisotopic (exact) mass is 255 g/mol. The fourth-order valence-corrected chi connectivity index (χ4v) is 1.97. The van der Waals surface area contributed by atoms with Crippen LogP contribution < -0.4 is 11.2 Å². The number of hydrogen-bond donors (Lipinski definition) is 2. The van der Waals surface area contributed by atoms with Gasteiger partial charge in [-0.15, -0.1) is 0 Å². The zero-order chi connectivity index (χ0) is 13.1. The number of nitrogens with zero attached hydrogens (tertiary/aromatic N) is 1. The molecule has 0 aromatic heterocycles. The van der Waals surface area contributed by atoms with Gasteiger partial charge in [0, 0.05) is 24.8 Å². The van der Waals surface area contributed by atoms with Crippen molar-refractivity contribution in [3.63, 3.8) is 0 Å². The Morgan fingerprint density at radius 3 is 2.44 bits per heavy atom. The molecule has 0 spiro atoms. The number of carbonyl (C=O) groups excluding carboxylic acids is 1. The Morgan fingerprint density at radius 1 is 1.17 bits per heavy atom. The van der Waals surface area contributed by atoms with E-state index in [0.29, 0.717) is 0 Å². The molecule has 1 aromatic carbocycles. The fourth-order valence-electron chi connectivity index (χ4n) is 1.97. The number of nitrogens with two attached hydrogens (primary N) is 1. The topological polar surface area (TPSA) is 58.4 Å². The summed E-state index contributed by atoms with van der Waals surface area (Å²) in [4.78, 5) is 11.9. The molecule has 18 heavy (non-hydrogen) atoms. The van der Waals surface area contributed by atoms with Crippen LogP contribution in [-0.2, 0) is 0 Å². The van der Waals surface area contributed by atoms with Gasteiger partial charge in [0.1, 0.15) is 0 Å². The Bertz CT molecular complexity index is 459. The highest BCUT2D eigenvalue weighted by Gasteiger charge is 2.18. The first-order chi connectivity index (χ1) is 8.58. The van der Waals surface area contributed by atoms with Gasteiger partial charge < -0.3 is 5.73 Å². The van der Waals surface area contributed by atoms with Gasteiger partial charge >= 0.3 is 0 Å². The van der Waals surface area contributed by atoms with Gasteiger partial charge in [-0.2, -0.15) is 0 Å². The van der Waals surface area contributed by atoms with Crippen LogP contribution in [0.3, 0.4) is 0 Å². The zero-order valence-corrected chi connectivity index (χ0v) is 9.88. The van der Waals surface area contributed by atoms with Gasteiger partial charge in [-0.3, -0.25) is 10.2 Å². The quantitative estimate of drug-likeness (QED) is 0.790. The van der Waals surface area contributed by atoms with Gasteiger partial charge in [0.2, 0.25) is 0 Å². The third-order valence-corrected chi connectivity index (χ3v) is 2.95. The van der Waals surface area contributed by atoms with E-state index >= 15 is 0 Å². The maximum atomic E-state index is 13.1. The van der Waals surface area contributed by atoms with Crippen molar-refractivity contribution < 1.29 is 13.6 Å². The van der Waals surface area contributed by atoms with Crippen molar-refractivity contribution in [3.8, 4) is 0 Å². The van der Waals surface area contributed by atoms with E-state index in [-0.39, 0.29) is 11.3 Å². The summed E-state index contributed by atoms with van der Waals surface area (Å²) in [6, 6.07) is 1.64. The Balaban J connectivity index is 2.10. The van der Waals surface area contributed by atoms with E-state index in [2.05, 4.69) is 5.43 Å². The van der Waals surface area contributed by atoms with Crippen LogP contribution >= 0.6 is 0 Å². The largest absolute Gasteiger partial charge is 0.398 e. The lowest BCUT2D eigenvalue weighted by molar-refractivity contribution is 0.0750. The van der Waals surface area contributed by atoms with Crippen LogP contribution in [0, 0.1) is 11.6 Å². The van der Waals surface area contributed by atoms with Crippen LogP contribution in [0.4, 0.5) is 14.5 Å². The molecule has 3 N–H and O–H groups in total. The highest BCUT2D eigenvalue weighted by molar-refractivity contribution is 5.98. The van der Waals surface area contributed by atoms with Crippen molar-refractivity contribution in [2.24, 2.45) is 0 Å². The molecule has 1 amide bonds. The van der Waals surface area contributed by atoms with Crippen LogP contribution in [0.15, 0.2) is 12.1 Å². The van der Waals surface area contributed by atoms with E-state index in [4.69, 9.17) is 5.73 Å². The molecule has 0 aliphatic carbocycles. The van der Waals surface area contributed by atoms with Crippen molar-refractivity contribution >= 4 is 11.6 Å². The van der Waals surface area contributed by atoms with E-state index in [1.807, 2.05) is 0 Å². The van der Waals surface area contributed by atoms with Crippen molar-refractivity contribution in [1.82, 2.24) is 10.4 Å². The minimum Gasteiger partial charge on any atom is -0.398 e. The van der Waals surface area contributed by atoms with Crippen LogP contribution in [0.2, 0.25) is 0 Å². The molecule has 0 unspecified atom stereocenters. The SMILES string of the molecule is Nc1cc(F)c(F)cc1C(=O)NN1CCCCC1. The molecule has 0 atom stereocenters. The van der Waals surface area contributed by atoms with Gasteiger partial charge in [0.25, 0.3) is 5.91 Å². The van der Waals surface area contributed by atoms with Crippen molar-refractivity contribution in [3.05, 3.63) is 29.3 Å². The highest BCUT2D eigenvalue weighted by Crippen LogP contribution is 2.17. The molecule has 4 nitrogen and oxygen atoms in total. The molecule has 1 heterocycles. The number of anilines is 1. The highest BCUT2D eigenvalue weighted by atomic mass is 19.2. The third kappa shape index (κ3) is 2.76. The average Bonchev–Trinajstić information content (AvgIpc) is 2.35. The molecule has 0 bridgehead atoms. The Labute approximate surface area is 104 Å². The first kappa shape index (κ1) is 12.8. The molecule has 1 aliphatic heterocycles. The van der Waals surface area contributed by atoms with E-state index in [0.717, 1.165) is 44.5 Å². The first-order valence-corrected chi connectivity index (χ1v) is 5.88. The molecule has 1 aliphatic rings. The average molecular weight is 255 g/mol. The fraction of sp³-hybridized carbons (Fsp3) is 0.417. The number of rotatable bonds is 2. The minimum absolute atomic E-state index is 0.0422. The van der Waals surface area contributed by atoms with Crippen LogP contribution in [0.5, 0.6) is 0 Å². The maximum absolute atomic E-state index is 13.1. The molecule has 98 valence electrons. The van der Waals surface area contributed by atoms with Gasteiger partial charge in [-0.05, 0) is 18.9 Å². The first-order valence-electron chi connectivity index (χ1n) is 5.88. The lowest BCUT2D eigenvalue weighted by Crippen LogP contribution is -2.45. The summed E-state index contributed by atoms with van der Waals surface area (Å²) in [5, 5.41) is 1.77. The molecule has 0 saturated carbocycles. The second-order valence-corrected chi connectivity index (χ2v) is 4.34. The molecule has 0 radical (unpaired) electrons. The number of nitrogen functional groups attached to an aromatic ring is 1. The summed E-state index contributed by atoms with van der Waals surface area (Å²) in [5.41, 5.74) is 8.05. The van der Waals surface area contributed by atoms with Gasteiger partial charge in [-0.25, -0.2) is 13.8 Å². The molecular weight excluding hydrogens is 240 g/mol. The molecular formula is C12H15F2N3O. The number of piperidine rings is 1. The summed E-state index contributed by atoms with van der Waals surface area (Å²) >= 11 is 0. The number of hydrogen-bond acceptors (Lipinski definition) is 3. The Morgan fingerprint density at radius 2 is 1.78 bits per heavy atom. The van der Waals surface area contributed by atoms with E-state index in [9.17, 15) is 13.6 Å². The number of hydrazine groups is 1.